The van der Waals surface area contributed by atoms with Crippen LogP contribution in [0.4, 0.5) is 15.8 Å². The SMILES string of the molecule is COc1cc2nccc(Oc3ccc(NC(=O)c4c(C)c(CC5CO5)cn(-c5ccc(N(C)C)cc5)c4=O)cc3F)c2cc1OC. The lowest BCUT2D eigenvalue weighted by molar-refractivity contribution is 0.102. The number of fused-ring (bicyclic) bond motifs is 1. The van der Waals surface area contributed by atoms with Gasteiger partial charge in [-0.3, -0.25) is 19.1 Å². The summed E-state index contributed by atoms with van der Waals surface area (Å²) < 4.78 is 39.0. The van der Waals surface area contributed by atoms with Gasteiger partial charge < -0.3 is 29.2 Å². The van der Waals surface area contributed by atoms with Crippen molar-refractivity contribution in [3.8, 4) is 28.7 Å². The number of rotatable bonds is 10. The van der Waals surface area contributed by atoms with E-state index in [1.54, 1.807) is 37.5 Å². The molecule has 1 atom stereocenters. The van der Waals surface area contributed by atoms with E-state index >= 15 is 4.39 Å². The van der Waals surface area contributed by atoms with Crippen molar-refractivity contribution in [1.29, 1.82) is 0 Å². The number of nitrogens with one attached hydrogen (secondary N) is 1. The van der Waals surface area contributed by atoms with E-state index in [-0.39, 0.29) is 23.1 Å². The van der Waals surface area contributed by atoms with Gasteiger partial charge in [0, 0.05) is 67.5 Å². The predicted molar refractivity (Wildman–Crippen MR) is 174 cm³/mol. The molecule has 1 amide bonds. The van der Waals surface area contributed by atoms with Crippen LogP contribution in [0.25, 0.3) is 16.6 Å². The Morgan fingerprint density at radius 1 is 1.02 bits per heavy atom. The zero-order valence-electron chi connectivity index (χ0n) is 26.1. The molecule has 3 aromatic carbocycles. The number of epoxide rings is 1. The fourth-order valence-corrected chi connectivity index (χ4v) is 5.27. The largest absolute Gasteiger partial charge is 0.493 e. The zero-order valence-corrected chi connectivity index (χ0v) is 26.1. The standard InChI is InChI=1S/C35H33FN4O6/c1-20-21(14-25-19-45-25)18-40(24-9-7-23(8-10-24)39(2)3)35(42)33(20)34(41)38-22-6-11-30(27(36)15-22)46-29-12-13-37-28-17-32(44-5)31(43-4)16-26(28)29/h6-13,15-18,25H,14,19H2,1-5H3,(H,38,41). The van der Waals surface area contributed by atoms with Crippen molar-refractivity contribution in [1.82, 2.24) is 9.55 Å². The molecule has 6 rings (SSSR count). The molecule has 2 aromatic heterocycles. The Bertz CT molecular complexity index is 2000. The molecule has 10 nitrogen and oxygen atoms in total. The summed E-state index contributed by atoms with van der Waals surface area (Å²) in [5.41, 5.74) is 3.19. The third-order valence-electron chi connectivity index (χ3n) is 7.91. The molecule has 0 bridgehead atoms. The summed E-state index contributed by atoms with van der Waals surface area (Å²) in [6, 6.07) is 16.6. The second-order valence-electron chi connectivity index (χ2n) is 11.1. The van der Waals surface area contributed by atoms with Crippen LogP contribution in [0.1, 0.15) is 21.5 Å². The van der Waals surface area contributed by atoms with Crippen LogP contribution >= 0.6 is 0 Å². The average Bonchev–Trinajstić information content (AvgIpc) is 3.87. The summed E-state index contributed by atoms with van der Waals surface area (Å²) in [5.74, 6) is -0.0899. The number of anilines is 2. The van der Waals surface area contributed by atoms with Gasteiger partial charge in [0.15, 0.2) is 23.1 Å². The van der Waals surface area contributed by atoms with Gasteiger partial charge in [-0.2, -0.15) is 0 Å². The number of carbonyl (C=O) groups excluding carboxylic acids is 1. The summed E-state index contributed by atoms with van der Waals surface area (Å²) >= 11 is 0. The maximum Gasteiger partial charge on any atom is 0.268 e. The molecule has 3 heterocycles. The molecule has 0 radical (unpaired) electrons. The third-order valence-corrected chi connectivity index (χ3v) is 7.91. The molecule has 0 saturated carbocycles. The van der Waals surface area contributed by atoms with E-state index in [2.05, 4.69) is 10.3 Å². The van der Waals surface area contributed by atoms with Gasteiger partial charge in [-0.05, 0) is 66.6 Å². The fourth-order valence-electron chi connectivity index (χ4n) is 5.27. The molecule has 236 valence electrons. The Hall–Kier alpha value is -5.42. The number of amides is 1. The van der Waals surface area contributed by atoms with Crippen molar-refractivity contribution < 1.29 is 28.1 Å². The number of halogens is 1. The lowest BCUT2D eigenvalue weighted by atomic mass is 10.0. The first-order chi connectivity index (χ1) is 22.2. The molecule has 1 unspecified atom stereocenters. The third kappa shape index (κ3) is 6.09. The Morgan fingerprint density at radius 2 is 1.74 bits per heavy atom. The van der Waals surface area contributed by atoms with Crippen LogP contribution in [-0.4, -0.2) is 56.5 Å². The number of ether oxygens (including phenoxy) is 4. The van der Waals surface area contributed by atoms with Gasteiger partial charge in [-0.25, -0.2) is 4.39 Å². The molecule has 1 N–H and O–H groups in total. The van der Waals surface area contributed by atoms with Crippen LogP contribution in [0, 0.1) is 12.7 Å². The molecule has 46 heavy (non-hydrogen) atoms. The van der Waals surface area contributed by atoms with Gasteiger partial charge in [-0.1, -0.05) is 0 Å². The van der Waals surface area contributed by atoms with Gasteiger partial charge in [-0.15, -0.1) is 0 Å². The fraction of sp³-hybridized carbons (Fsp3) is 0.229. The number of hydrogen-bond acceptors (Lipinski definition) is 8. The predicted octanol–water partition coefficient (Wildman–Crippen LogP) is 5.90. The van der Waals surface area contributed by atoms with Gasteiger partial charge in [0.25, 0.3) is 11.5 Å². The first-order valence-corrected chi connectivity index (χ1v) is 14.6. The van der Waals surface area contributed by atoms with E-state index in [0.717, 1.165) is 17.3 Å². The zero-order chi connectivity index (χ0) is 32.5. The van der Waals surface area contributed by atoms with E-state index in [1.807, 2.05) is 43.3 Å². The van der Waals surface area contributed by atoms with Gasteiger partial charge in [0.1, 0.15) is 11.3 Å². The second-order valence-corrected chi connectivity index (χ2v) is 11.1. The summed E-state index contributed by atoms with van der Waals surface area (Å²) in [4.78, 5) is 33.7. The lowest BCUT2D eigenvalue weighted by Crippen LogP contribution is -2.31. The van der Waals surface area contributed by atoms with E-state index in [0.29, 0.717) is 52.4 Å². The Labute approximate surface area is 264 Å². The van der Waals surface area contributed by atoms with Gasteiger partial charge in [0.2, 0.25) is 0 Å². The normalized spacial score (nSPS) is 13.7. The van der Waals surface area contributed by atoms with Crippen molar-refractivity contribution in [2.24, 2.45) is 0 Å². The van der Waals surface area contributed by atoms with Crippen molar-refractivity contribution in [3.63, 3.8) is 0 Å². The highest BCUT2D eigenvalue weighted by Gasteiger charge is 2.27. The molecule has 1 aliphatic rings. The molecular formula is C35H33FN4O6. The molecule has 0 aliphatic carbocycles. The maximum absolute atomic E-state index is 15.4. The smallest absolute Gasteiger partial charge is 0.268 e. The quantitative estimate of drug-likeness (QED) is 0.192. The van der Waals surface area contributed by atoms with E-state index in [9.17, 15) is 9.59 Å². The van der Waals surface area contributed by atoms with E-state index < -0.39 is 17.3 Å². The van der Waals surface area contributed by atoms with Gasteiger partial charge in [0.05, 0.1) is 32.4 Å². The summed E-state index contributed by atoms with van der Waals surface area (Å²) in [6.45, 7) is 2.37. The van der Waals surface area contributed by atoms with Crippen molar-refractivity contribution in [2.75, 3.05) is 45.1 Å². The van der Waals surface area contributed by atoms with Crippen LogP contribution in [0.2, 0.25) is 0 Å². The lowest BCUT2D eigenvalue weighted by Gasteiger charge is -2.17. The number of hydrogen-bond donors (Lipinski definition) is 1. The van der Waals surface area contributed by atoms with E-state index in [1.165, 1.54) is 30.9 Å². The number of nitrogens with zero attached hydrogens (tertiary/aromatic N) is 3. The minimum absolute atomic E-state index is 0.0248. The molecule has 5 aromatic rings. The topological polar surface area (TPSA) is 107 Å². The molecule has 1 fully saturated rings. The molecule has 1 saturated heterocycles. The summed E-state index contributed by atoms with van der Waals surface area (Å²) in [7, 11) is 6.91. The first kappa shape index (κ1) is 30.6. The molecular weight excluding hydrogens is 591 g/mol. The number of pyridine rings is 2. The average molecular weight is 625 g/mol. The van der Waals surface area contributed by atoms with Crippen LogP contribution < -0.4 is 30.0 Å². The summed E-state index contributed by atoms with van der Waals surface area (Å²) in [5, 5.41) is 3.30. The second kappa shape index (κ2) is 12.5. The van der Waals surface area contributed by atoms with Crippen LogP contribution in [0.5, 0.6) is 23.0 Å². The highest BCUT2D eigenvalue weighted by atomic mass is 19.1. The van der Waals surface area contributed by atoms with Gasteiger partial charge >= 0.3 is 0 Å². The Morgan fingerprint density at radius 3 is 2.39 bits per heavy atom. The molecule has 0 spiro atoms. The van der Waals surface area contributed by atoms with Crippen LogP contribution in [0.15, 0.2) is 77.9 Å². The highest BCUT2D eigenvalue weighted by Crippen LogP contribution is 2.37. The monoisotopic (exact) mass is 624 g/mol. The minimum atomic E-state index is -0.710. The summed E-state index contributed by atoms with van der Waals surface area (Å²) in [6.07, 6.45) is 3.91. The maximum atomic E-state index is 15.4. The number of benzene rings is 3. The Balaban J connectivity index is 1.29. The van der Waals surface area contributed by atoms with Crippen molar-refractivity contribution in [2.45, 2.75) is 19.4 Å². The Kier molecular flexibility index (Phi) is 8.33. The first-order valence-electron chi connectivity index (χ1n) is 14.6. The minimum Gasteiger partial charge on any atom is -0.493 e. The van der Waals surface area contributed by atoms with Crippen LogP contribution in [-0.2, 0) is 11.2 Å². The number of aromatic nitrogens is 2. The van der Waals surface area contributed by atoms with Crippen molar-refractivity contribution in [3.05, 3.63) is 106 Å². The molecule has 1 aliphatic heterocycles. The van der Waals surface area contributed by atoms with E-state index in [4.69, 9.17) is 18.9 Å². The van der Waals surface area contributed by atoms with Crippen molar-refractivity contribution >= 4 is 28.2 Å². The number of carbonyl (C=O) groups is 1. The highest BCUT2D eigenvalue weighted by molar-refractivity contribution is 6.05. The number of methoxy groups -OCH3 is 2. The van der Waals surface area contributed by atoms with Crippen LogP contribution in [0.3, 0.4) is 0 Å². The molecule has 11 heteroatoms.